The second kappa shape index (κ2) is 6.70. The van der Waals surface area contributed by atoms with Gasteiger partial charge in [-0.05, 0) is 35.0 Å². The van der Waals surface area contributed by atoms with Crippen LogP contribution in [0.1, 0.15) is 12.5 Å². The third-order valence-electron chi connectivity index (χ3n) is 2.75. The first-order valence-electron chi connectivity index (χ1n) is 6.21. The number of rotatable bonds is 5. The molecule has 0 bridgehead atoms. The highest BCUT2D eigenvalue weighted by Crippen LogP contribution is 2.25. The molecule has 0 unspecified atom stereocenters. The quantitative estimate of drug-likeness (QED) is 0.793. The smallest absolute Gasteiger partial charge is 0.147 e. The molecule has 2 nitrogen and oxygen atoms in total. The zero-order valence-corrected chi connectivity index (χ0v) is 12.5. The molecule has 1 N–H and O–H groups in total. The number of hydrogen-bond donors (Lipinski definition) is 1. The molecule has 0 radical (unpaired) electrons. The van der Waals surface area contributed by atoms with Crippen molar-refractivity contribution < 1.29 is 13.5 Å². The van der Waals surface area contributed by atoms with E-state index in [-0.39, 0.29) is 10.2 Å². The van der Waals surface area contributed by atoms with Crippen molar-refractivity contribution in [3.05, 3.63) is 58.1 Å². The highest BCUT2D eigenvalue weighted by molar-refractivity contribution is 9.10. The lowest BCUT2D eigenvalue weighted by molar-refractivity contribution is 0.337. The van der Waals surface area contributed by atoms with Crippen LogP contribution in [-0.4, -0.2) is 6.61 Å². The Hall–Kier alpha value is -1.62. The number of halogens is 3. The predicted molar refractivity (Wildman–Crippen MR) is 79.0 cm³/mol. The topological polar surface area (TPSA) is 21.3 Å². The second-order valence-electron chi connectivity index (χ2n) is 4.14. The van der Waals surface area contributed by atoms with Gasteiger partial charge >= 0.3 is 0 Å². The summed E-state index contributed by atoms with van der Waals surface area (Å²) < 4.78 is 32.7. The summed E-state index contributed by atoms with van der Waals surface area (Å²) in [6, 6.07) is 9.70. The number of hydrogen-bond acceptors (Lipinski definition) is 2. The van der Waals surface area contributed by atoms with Gasteiger partial charge in [-0.2, -0.15) is 0 Å². The number of para-hydroxylation sites is 1. The van der Waals surface area contributed by atoms with Gasteiger partial charge in [-0.15, -0.1) is 0 Å². The summed E-state index contributed by atoms with van der Waals surface area (Å²) >= 11 is 2.95. The Morgan fingerprint density at radius 3 is 2.65 bits per heavy atom. The van der Waals surface area contributed by atoms with E-state index >= 15 is 0 Å². The van der Waals surface area contributed by atoms with Gasteiger partial charge < -0.3 is 10.1 Å². The van der Waals surface area contributed by atoms with Crippen LogP contribution in [0.25, 0.3) is 0 Å². The first-order valence-corrected chi connectivity index (χ1v) is 7.00. The van der Waals surface area contributed by atoms with Crippen LogP contribution in [0.4, 0.5) is 14.5 Å². The van der Waals surface area contributed by atoms with E-state index in [1.807, 2.05) is 31.2 Å². The summed E-state index contributed by atoms with van der Waals surface area (Å²) in [6.45, 7) is 2.81. The van der Waals surface area contributed by atoms with Crippen LogP contribution >= 0.6 is 15.9 Å². The SMILES string of the molecule is CCOc1ccccc1CNc1cc(F)c(Br)cc1F. The Labute approximate surface area is 124 Å². The molecule has 0 aliphatic carbocycles. The van der Waals surface area contributed by atoms with Crippen LogP contribution in [0.15, 0.2) is 40.9 Å². The van der Waals surface area contributed by atoms with E-state index in [0.717, 1.165) is 23.4 Å². The molecule has 2 aromatic rings. The van der Waals surface area contributed by atoms with Crippen molar-refractivity contribution in [2.45, 2.75) is 13.5 Å². The largest absolute Gasteiger partial charge is 0.494 e. The minimum absolute atomic E-state index is 0.107. The van der Waals surface area contributed by atoms with Crippen LogP contribution < -0.4 is 10.1 Å². The lowest BCUT2D eigenvalue weighted by Crippen LogP contribution is -2.05. The van der Waals surface area contributed by atoms with Crippen molar-refractivity contribution >= 4 is 21.6 Å². The van der Waals surface area contributed by atoms with E-state index < -0.39 is 11.6 Å². The fourth-order valence-electron chi connectivity index (χ4n) is 1.79. The molecular weight excluding hydrogens is 328 g/mol. The molecule has 0 spiro atoms. The highest BCUT2D eigenvalue weighted by Gasteiger charge is 2.09. The van der Waals surface area contributed by atoms with Crippen molar-refractivity contribution in [2.24, 2.45) is 0 Å². The standard InChI is InChI=1S/C15H14BrF2NO/c1-2-20-15-6-4-3-5-10(15)9-19-14-8-12(17)11(16)7-13(14)18/h3-8,19H,2,9H2,1H3. The molecular formula is C15H14BrF2NO. The van der Waals surface area contributed by atoms with Crippen molar-refractivity contribution in [3.8, 4) is 5.75 Å². The van der Waals surface area contributed by atoms with Crippen molar-refractivity contribution in [1.29, 1.82) is 0 Å². The summed E-state index contributed by atoms with van der Waals surface area (Å²) in [7, 11) is 0. The van der Waals surface area contributed by atoms with Crippen LogP contribution in [0.5, 0.6) is 5.75 Å². The van der Waals surface area contributed by atoms with E-state index in [2.05, 4.69) is 21.2 Å². The predicted octanol–water partition coefficient (Wildman–Crippen LogP) is 4.74. The number of anilines is 1. The van der Waals surface area contributed by atoms with E-state index in [4.69, 9.17) is 4.74 Å². The molecule has 0 aliphatic heterocycles. The number of ether oxygens (including phenoxy) is 1. The van der Waals surface area contributed by atoms with Crippen LogP contribution in [-0.2, 0) is 6.54 Å². The zero-order valence-electron chi connectivity index (χ0n) is 10.9. The Morgan fingerprint density at radius 2 is 1.90 bits per heavy atom. The minimum atomic E-state index is -0.507. The molecule has 5 heteroatoms. The first kappa shape index (κ1) is 14.8. The van der Waals surface area contributed by atoms with E-state index in [9.17, 15) is 8.78 Å². The third-order valence-corrected chi connectivity index (χ3v) is 3.36. The molecule has 106 valence electrons. The van der Waals surface area contributed by atoms with Gasteiger partial charge in [-0.3, -0.25) is 0 Å². The van der Waals surface area contributed by atoms with E-state index in [1.54, 1.807) is 0 Å². The van der Waals surface area contributed by atoms with Crippen molar-refractivity contribution in [3.63, 3.8) is 0 Å². The Bertz CT molecular complexity index is 604. The lowest BCUT2D eigenvalue weighted by atomic mass is 10.2. The maximum absolute atomic E-state index is 13.7. The molecule has 20 heavy (non-hydrogen) atoms. The van der Waals surface area contributed by atoms with Crippen LogP contribution in [0.3, 0.4) is 0 Å². The molecule has 0 amide bonds. The third kappa shape index (κ3) is 3.48. The molecule has 0 saturated heterocycles. The van der Waals surface area contributed by atoms with Gasteiger partial charge in [0, 0.05) is 18.2 Å². The molecule has 0 aromatic heterocycles. The molecule has 0 aliphatic rings. The van der Waals surface area contributed by atoms with Crippen LogP contribution in [0, 0.1) is 11.6 Å². The summed E-state index contributed by atoms with van der Waals surface area (Å²) in [5, 5.41) is 2.88. The molecule has 0 atom stereocenters. The van der Waals surface area contributed by atoms with Gasteiger partial charge in [0.15, 0.2) is 0 Å². The maximum Gasteiger partial charge on any atom is 0.147 e. The van der Waals surface area contributed by atoms with Gasteiger partial charge in [0.2, 0.25) is 0 Å². The summed E-state index contributed by atoms with van der Waals surface area (Å²) in [6.07, 6.45) is 0. The first-order chi connectivity index (χ1) is 9.61. The van der Waals surface area contributed by atoms with E-state index in [0.29, 0.717) is 13.2 Å². The second-order valence-corrected chi connectivity index (χ2v) is 4.99. The average Bonchev–Trinajstić information content (AvgIpc) is 2.43. The van der Waals surface area contributed by atoms with Crippen molar-refractivity contribution in [1.82, 2.24) is 0 Å². The van der Waals surface area contributed by atoms with E-state index in [1.165, 1.54) is 0 Å². The maximum atomic E-state index is 13.7. The lowest BCUT2D eigenvalue weighted by Gasteiger charge is -2.12. The molecule has 2 aromatic carbocycles. The van der Waals surface area contributed by atoms with Crippen molar-refractivity contribution in [2.75, 3.05) is 11.9 Å². The van der Waals surface area contributed by atoms with Gasteiger partial charge in [0.25, 0.3) is 0 Å². The summed E-state index contributed by atoms with van der Waals surface area (Å²) in [5.74, 6) is -0.278. The molecule has 0 fully saturated rings. The van der Waals surface area contributed by atoms with Gasteiger partial charge in [-0.1, -0.05) is 18.2 Å². The summed E-state index contributed by atoms with van der Waals surface area (Å²) in [4.78, 5) is 0. The number of benzene rings is 2. The van der Waals surface area contributed by atoms with Gasteiger partial charge in [0.05, 0.1) is 16.8 Å². The number of nitrogens with one attached hydrogen (secondary N) is 1. The zero-order chi connectivity index (χ0) is 14.5. The molecule has 0 saturated carbocycles. The van der Waals surface area contributed by atoms with Crippen LogP contribution in [0.2, 0.25) is 0 Å². The van der Waals surface area contributed by atoms with Gasteiger partial charge in [-0.25, -0.2) is 8.78 Å². The fourth-order valence-corrected chi connectivity index (χ4v) is 2.11. The molecule has 2 rings (SSSR count). The Balaban J connectivity index is 2.15. The monoisotopic (exact) mass is 341 g/mol. The Morgan fingerprint density at radius 1 is 1.15 bits per heavy atom. The van der Waals surface area contributed by atoms with Gasteiger partial charge in [0.1, 0.15) is 17.4 Å². The highest BCUT2D eigenvalue weighted by atomic mass is 79.9. The fraction of sp³-hybridized carbons (Fsp3) is 0.200. The average molecular weight is 342 g/mol. The Kier molecular flexibility index (Phi) is 4.95. The minimum Gasteiger partial charge on any atom is -0.494 e. The summed E-state index contributed by atoms with van der Waals surface area (Å²) in [5.41, 5.74) is 1.01. The normalized spacial score (nSPS) is 10.4. The molecule has 0 heterocycles.